The largest absolute Gasteiger partial charge is 0.373 e. The van der Waals surface area contributed by atoms with Crippen LogP contribution in [0.5, 0.6) is 0 Å². The third kappa shape index (κ3) is 4.95. The van der Waals surface area contributed by atoms with Crippen molar-refractivity contribution in [1.82, 2.24) is 10.2 Å². The molecule has 1 atom stereocenters. The van der Waals surface area contributed by atoms with Crippen LogP contribution in [0, 0.1) is 0 Å². The molecule has 2 aromatic carbocycles. The van der Waals surface area contributed by atoms with Gasteiger partial charge in [-0.05, 0) is 29.8 Å². The lowest BCUT2D eigenvalue weighted by atomic mass is 10.1. The van der Waals surface area contributed by atoms with Crippen LogP contribution >= 0.6 is 23.2 Å². The van der Waals surface area contributed by atoms with Crippen LogP contribution in [-0.2, 0) is 11.3 Å². The first-order valence-corrected chi connectivity index (χ1v) is 8.99. The number of morpholine rings is 1. The van der Waals surface area contributed by atoms with Gasteiger partial charge in [0.2, 0.25) is 0 Å². The average molecular weight is 379 g/mol. The molecule has 1 aliphatic heterocycles. The Morgan fingerprint density at radius 1 is 1.16 bits per heavy atom. The maximum absolute atomic E-state index is 12.5. The van der Waals surface area contributed by atoms with E-state index < -0.39 is 0 Å². The molecule has 1 unspecified atom stereocenters. The lowest BCUT2D eigenvalue weighted by Gasteiger charge is -2.33. The van der Waals surface area contributed by atoms with Crippen molar-refractivity contribution in [1.29, 1.82) is 0 Å². The fourth-order valence-corrected chi connectivity index (χ4v) is 3.14. The van der Waals surface area contributed by atoms with Gasteiger partial charge in [0.15, 0.2) is 0 Å². The average Bonchev–Trinajstić information content (AvgIpc) is 2.65. The zero-order chi connectivity index (χ0) is 17.6. The molecule has 0 spiro atoms. The zero-order valence-corrected chi connectivity index (χ0v) is 15.3. The highest BCUT2D eigenvalue weighted by molar-refractivity contribution is 6.42. The summed E-state index contributed by atoms with van der Waals surface area (Å²) in [4.78, 5) is 14.4. The second-order valence-electron chi connectivity index (χ2n) is 5.99. The lowest BCUT2D eigenvalue weighted by Crippen LogP contribution is -2.48. The number of rotatable bonds is 5. The summed E-state index contributed by atoms with van der Waals surface area (Å²) in [5.41, 5.74) is 1.77. The van der Waals surface area contributed by atoms with Crippen molar-refractivity contribution in [2.45, 2.75) is 12.6 Å². The van der Waals surface area contributed by atoms with E-state index in [4.69, 9.17) is 27.9 Å². The highest BCUT2D eigenvalue weighted by Gasteiger charge is 2.24. The number of carbonyl (C=O) groups excluding carboxylic acids is 1. The molecule has 0 aromatic heterocycles. The van der Waals surface area contributed by atoms with E-state index in [-0.39, 0.29) is 12.0 Å². The second kappa shape index (κ2) is 8.68. The minimum atomic E-state index is -0.0239. The van der Waals surface area contributed by atoms with Crippen molar-refractivity contribution in [2.24, 2.45) is 0 Å². The molecule has 6 heteroatoms. The van der Waals surface area contributed by atoms with E-state index in [0.29, 0.717) is 48.4 Å². The van der Waals surface area contributed by atoms with E-state index in [1.54, 1.807) is 6.07 Å². The van der Waals surface area contributed by atoms with Gasteiger partial charge in [-0.1, -0.05) is 47.5 Å². The Labute approximate surface area is 157 Å². The maximum Gasteiger partial charge on any atom is 0.254 e. The first-order chi connectivity index (χ1) is 12.1. The summed E-state index contributed by atoms with van der Waals surface area (Å²) in [6.45, 7) is 3.10. The molecule has 1 aliphatic rings. The predicted octanol–water partition coefficient (Wildman–Crippen LogP) is 3.62. The molecule has 1 fully saturated rings. The molecule has 1 heterocycles. The number of carbonyl (C=O) groups is 1. The quantitative estimate of drug-likeness (QED) is 0.863. The molecule has 132 valence electrons. The first-order valence-electron chi connectivity index (χ1n) is 8.24. The fraction of sp³-hybridized carbons (Fsp3) is 0.316. The molecular formula is C19H20Cl2N2O2. The summed E-state index contributed by atoms with van der Waals surface area (Å²) in [6.07, 6.45) is -0.0239. The van der Waals surface area contributed by atoms with Gasteiger partial charge in [-0.3, -0.25) is 4.79 Å². The minimum Gasteiger partial charge on any atom is -0.373 e. The summed E-state index contributed by atoms with van der Waals surface area (Å²) < 4.78 is 5.77. The van der Waals surface area contributed by atoms with Gasteiger partial charge >= 0.3 is 0 Å². The van der Waals surface area contributed by atoms with E-state index in [9.17, 15) is 4.79 Å². The number of hydrogen-bond acceptors (Lipinski definition) is 3. The number of nitrogens with one attached hydrogen (secondary N) is 1. The summed E-state index contributed by atoms with van der Waals surface area (Å²) >= 11 is 11.9. The Kier molecular flexibility index (Phi) is 6.32. The molecule has 1 amide bonds. The normalized spacial score (nSPS) is 17.5. The highest BCUT2D eigenvalue weighted by Crippen LogP contribution is 2.22. The smallest absolute Gasteiger partial charge is 0.254 e. The molecular weight excluding hydrogens is 359 g/mol. The predicted molar refractivity (Wildman–Crippen MR) is 100 cm³/mol. The topological polar surface area (TPSA) is 41.6 Å². The molecule has 0 bridgehead atoms. The fourth-order valence-electron chi connectivity index (χ4n) is 2.82. The summed E-state index contributed by atoms with van der Waals surface area (Å²) in [5.74, 6) is 0.0541. The van der Waals surface area contributed by atoms with Crippen LogP contribution in [0.3, 0.4) is 0 Å². The van der Waals surface area contributed by atoms with E-state index in [0.717, 1.165) is 5.56 Å². The van der Waals surface area contributed by atoms with E-state index in [1.165, 1.54) is 0 Å². The molecule has 0 radical (unpaired) electrons. The zero-order valence-electron chi connectivity index (χ0n) is 13.8. The van der Waals surface area contributed by atoms with Gasteiger partial charge in [0, 0.05) is 31.7 Å². The van der Waals surface area contributed by atoms with Gasteiger partial charge in [0.25, 0.3) is 5.91 Å². The van der Waals surface area contributed by atoms with Crippen LogP contribution in [0.25, 0.3) is 0 Å². The Morgan fingerprint density at radius 2 is 1.96 bits per heavy atom. The van der Waals surface area contributed by atoms with E-state index >= 15 is 0 Å². The molecule has 1 N–H and O–H groups in total. The van der Waals surface area contributed by atoms with Crippen LogP contribution in [-0.4, -0.2) is 43.2 Å². The van der Waals surface area contributed by atoms with Crippen molar-refractivity contribution < 1.29 is 9.53 Å². The van der Waals surface area contributed by atoms with Crippen molar-refractivity contribution in [3.8, 4) is 0 Å². The summed E-state index contributed by atoms with van der Waals surface area (Å²) in [6, 6.07) is 14.9. The van der Waals surface area contributed by atoms with Crippen molar-refractivity contribution in [2.75, 3.05) is 26.2 Å². The van der Waals surface area contributed by atoms with Crippen molar-refractivity contribution >= 4 is 29.1 Å². The van der Waals surface area contributed by atoms with Gasteiger partial charge in [-0.25, -0.2) is 0 Å². The molecule has 1 saturated heterocycles. The van der Waals surface area contributed by atoms with E-state index in [1.807, 2.05) is 47.4 Å². The summed E-state index contributed by atoms with van der Waals surface area (Å²) in [5, 5.41) is 4.46. The third-order valence-electron chi connectivity index (χ3n) is 4.13. The number of hydrogen-bond donors (Lipinski definition) is 1. The third-order valence-corrected chi connectivity index (χ3v) is 4.87. The van der Waals surface area contributed by atoms with Gasteiger partial charge in [0.1, 0.15) is 0 Å². The van der Waals surface area contributed by atoms with Crippen LogP contribution in [0.4, 0.5) is 0 Å². The van der Waals surface area contributed by atoms with Crippen molar-refractivity contribution in [3.05, 3.63) is 69.7 Å². The number of amides is 1. The first kappa shape index (κ1) is 18.2. The molecule has 4 nitrogen and oxygen atoms in total. The van der Waals surface area contributed by atoms with Gasteiger partial charge < -0.3 is 15.0 Å². The Morgan fingerprint density at radius 3 is 2.72 bits per heavy atom. The Hall–Kier alpha value is -1.59. The standard InChI is InChI=1S/C19H20Cl2N2O2/c20-17-7-6-14(10-18(17)21)11-22-12-16-13-23(8-9-25-16)19(24)15-4-2-1-3-5-15/h1-7,10,16,22H,8-9,11-13H2. The highest BCUT2D eigenvalue weighted by atomic mass is 35.5. The van der Waals surface area contributed by atoms with Crippen LogP contribution in [0.15, 0.2) is 48.5 Å². The number of benzene rings is 2. The van der Waals surface area contributed by atoms with Crippen molar-refractivity contribution in [3.63, 3.8) is 0 Å². The van der Waals surface area contributed by atoms with Crippen LogP contribution in [0.2, 0.25) is 10.0 Å². The second-order valence-corrected chi connectivity index (χ2v) is 6.80. The number of halogens is 2. The Bertz CT molecular complexity index is 725. The number of nitrogens with zero attached hydrogens (tertiary/aromatic N) is 1. The van der Waals surface area contributed by atoms with Gasteiger partial charge in [-0.15, -0.1) is 0 Å². The SMILES string of the molecule is O=C(c1ccccc1)N1CCOC(CNCc2ccc(Cl)c(Cl)c2)C1. The minimum absolute atomic E-state index is 0.0239. The molecule has 2 aromatic rings. The van der Waals surface area contributed by atoms with Crippen LogP contribution in [0.1, 0.15) is 15.9 Å². The summed E-state index contributed by atoms with van der Waals surface area (Å²) in [7, 11) is 0. The molecule has 3 rings (SSSR count). The molecule has 0 saturated carbocycles. The Balaban J connectivity index is 1.50. The molecule has 0 aliphatic carbocycles. The maximum atomic E-state index is 12.5. The van der Waals surface area contributed by atoms with Gasteiger partial charge in [0.05, 0.1) is 22.8 Å². The monoisotopic (exact) mass is 378 g/mol. The van der Waals surface area contributed by atoms with Crippen LogP contribution < -0.4 is 5.32 Å². The molecule has 25 heavy (non-hydrogen) atoms. The van der Waals surface area contributed by atoms with E-state index in [2.05, 4.69) is 5.32 Å². The number of ether oxygens (including phenoxy) is 1. The van der Waals surface area contributed by atoms with Gasteiger partial charge in [-0.2, -0.15) is 0 Å². The lowest BCUT2D eigenvalue weighted by molar-refractivity contribution is -0.0204.